The summed E-state index contributed by atoms with van der Waals surface area (Å²) >= 11 is 0. The molecule has 24 heavy (non-hydrogen) atoms. The molecule has 1 heterocycles. The van der Waals surface area contributed by atoms with Gasteiger partial charge in [-0.1, -0.05) is 6.08 Å². The molecule has 1 aliphatic rings. The van der Waals surface area contributed by atoms with Crippen LogP contribution in [0.1, 0.15) is 33.6 Å². The van der Waals surface area contributed by atoms with Crippen LogP contribution in [0.25, 0.3) is 0 Å². The number of ether oxygens (including phenoxy) is 2. The minimum atomic E-state index is -1.55. The Morgan fingerprint density at radius 3 is 2.25 bits per heavy atom. The number of aliphatic hydroxyl groups excluding tert-OH is 5. The van der Waals surface area contributed by atoms with Crippen molar-refractivity contribution in [1.29, 1.82) is 0 Å². The van der Waals surface area contributed by atoms with Gasteiger partial charge in [0.2, 0.25) is 0 Å². The molecule has 0 aromatic carbocycles. The number of aliphatic hydroxyl groups is 6. The molecule has 142 valence electrons. The van der Waals surface area contributed by atoms with Crippen LogP contribution in [0.5, 0.6) is 0 Å². The highest BCUT2D eigenvalue weighted by Gasteiger charge is 2.46. The molecule has 0 aliphatic carbocycles. The van der Waals surface area contributed by atoms with Crippen molar-refractivity contribution in [3.8, 4) is 0 Å². The van der Waals surface area contributed by atoms with Crippen LogP contribution < -0.4 is 0 Å². The summed E-state index contributed by atoms with van der Waals surface area (Å²) in [5, 5.41) is 58.9. The maximum atomic E-state index is 10.3. The third-order valence-electron chi connectivity index (χ3n) is 4.43. The van der Waals surface area contributed by atoms with E-state index in [0.29, 0.717) is 0 Å². The summed E-state index contributed by atoms with van der Waals surface area (Å²) in [6.45, 7) is 7.67. The van der Waals surface area contributed by atoms with Gasteiger partial charge in [0, 0.05) is 0 Å². The normalized spacial score (nSPS) is 35.3. The van der Waals surface area contributed by atoms with Gasteiger partial charge in [-0.25, -0.2) is 0 Å². The van der Waals surface area contributed by atoms with Crippen LogP contribution in [0.3, 0.4) is 0 Å². The third-order valence-corrected chi connectivity index (χ3v) is 4.43. The fourth-order valence-corrected chi connectivity index (χ4v) is 2.42. The second kappa shape index (κ2) is 8.20. The predicted molar refractivity (Wildman–Crippen MR) is 85.0 cm³/mol. The van der Waals surface area contributed by atoms with Crippen molar-refractivity contribution >= 4 is 0 Å². The molecule has 1 saturated heterocycles. The van der Waals surface area contributed by atoms with Gasteiger partial charge in [-0.3, -0.25) is 0 Å². The molecule has 0 unspecified atom stereocenters. The standard InChI is InChI=1S/C16H30O8/c1-5-16(4,22)7-6-10(18)15(2,3)24-14-13(21)12(20)11(19)9(8-17)23-14/h5,9-14,17-22H,1,6-8H2,2-4H3/t9-,10+,11-,12+,13-,14+,16-/m1/s1. The summed E-state index contributed by atoms with van der Waals surface area (Å²) in [6, 6.07) is 0. The molecular formula is C16H30O8. The van der Waals surface area contributed by atoms with E-state index in [4.69, 9.17) is 9.47 Å². The number of hydrogen-bond donors (Lipinski definition) is 6. The highest BCUT2D eigenvalue weighted by molar-refractivity contribution is 4.94. The predicted octanol–water partition coefficient (Wildman–Crippen LogP) is -1.34. The Morgan fingerprint density at radius 1 is 1.17 bits per heavy atom. The quantitative estimate of drug-likeness (QED) is 0.296. The van der Waals surface area contributed by atoms with Gasteiger partial charge in [0.15, 0.2) is 6.29 Å². The molecule has 1 rings (SSSR count). The summed E-state index contributed by atoms with van der Waals surface area (Å²) in [5.41, 5.74) is -2.30. The lowest BCUT2D eigenvalue weighted by Gasteiger charge is -2.43. The van der Waals surface area contributed by atoms with Crippen LogP contribution in [0.4, 0.5) is 0 Å². The first-order chi connectivity index (χ1) is 10.9. The fourth-order valence-electron chi connectivity index (χ4n) is 2.42. The molecule has 0 radical (unpaired) electrons. The molecular weight excluding hydrogens is 320 g/mol. The average molecular weight is 350 g/mol. The van der Waals surface area contributed by atoms with E-state index in [1.54, 1.807) is 20.8 Å². The fraction of sp³-hybridized carbons (Fsp3) is 0.875. The van der Waals surface area contributed by atoms with E-state index in [1.807, 2.05) is 0 Å². The molecule has 0 amide bonds. The van der Waals surface area contributed by atoms with Crippen LogP contribution >= 0.6 is 0 Å². The van der Waals surface area contributed by atoms with Crippen LogP contribution in [0.2, 0.25) is 0 Å². The summed E-state index contributed by atoms with van der Waals surface area (Å²) in [6.07, 6.45) is -6.14. The topological polar surface area (TPSA) is 140 Å². The van der Waals surface area contributed by atoms with Crippen molar-refractivity contribution in [3.63, 3.8) is 0 Å². The van der Waals surface area contributed by atoms with Crippen molar-refractivity contribution in [2.45, 2.75) is 81.6 Å². The van der Waals surface area contributed by atoms with E-state index in [9.17, 15) is 30.6 Å². The first kappa shape index (κ1) is 21.5. The van der Waals surface area contributed by atoms with Gasteiger partial charge in [-0.15, -0.1) is 6.58 Å². The highest BCUT2D eigenvalue weighted by atomic mass is 16.7. The first-order valence-corrected chi connectivity index (χ1v) is 7.97. The second-order valence-corrected chi connectivity index (χ2v) is 7.03. The SMILES string of the molecule is C=C[C@@](C)(O)CC[C@H](O)C(C)(C)O[C@@H]1O[C@H](CO)[C@@H](O)[C@H](O)[C@H]1O. The number of rotatable bonds is 8. The van der Waals surface area contributed by atoms with Gasteiger partial charge in [0.25, 0.3) is 0 Å². The third kappa shape index (κ3) is 5.21. The van der Waals surface area contributed by atoms with E-state index in [1.165, 1.54) is 6.08 Å². The smallest absolute Gasteiger partial charge is 0.187 e. The van der Waals surface area contributed by atoms with Gasteiger partial charge in [0.05, 0.1) is 23.9 Å². The monoisotopic (exact) mass is 350 g/mol. The Bertz CT molecular complexity index is 409. The summed E-state index contributed by atoms with van der Waals surface area (Å²) in [4.78, 5) is 0. The molecule has 6 N–H and O–H groups in total. The van der Waals surface area contributed by atoms with Crippen molar-refractivity contribution in [2.24, 2.45) is 0 Å². The highest BCUT2D eigenvalue weighted by Crippen LogP contribution is 2.29. The van der Waals surface area contributed by atoms with Gasteiger partial charge in [-0.05, 0) is 33.6 Å². The summed E-state index contributed by atoms with van der Waals surface area (Å²) in [7, 11) is 0. The van der Waals surface area contributed by atoms with E-state index < -0.39 is 54.6 Å². The Kier molecular flexibility index (Phi) is 7.33. The minimum Gasteiger partial charge on any atom is -0.394 e. The summed E-state index contributed by atoms with van der Waals surface area (Å²) in [5.74, 6) is 0. The lowest BCUT2D eigenvalue weighted by atomic mass is 9.91. The number of hydrogen-bond acceptors (Lipinski definition) is 8. The lowest BCUT2D eigenvalue weighted by molar-refractivity contribution is -0.331. The van der Waals surface area contributed by atoms with Gasteiger partial charge >= 0.3 is 0 Å². The molecule has 1 aliphatic heterocycles. The molecule has 0 bridgehead atoms. The zero-order valence-corrected chi connectivity index (χ0v) is 14.4. The summed E-state index contributed by atoms with van der Waals surface area (Å²) < 4.78 is 10.9. The van der Waals surface area contributed by atoms with Crippen LogP contribution in [0, 0.1) is 0 Å². The largest absolute Gasteiger partial charge is 0.394 e. The Balaban J connectivity index is 2.72. The maximum Gasteiger partial charge on any atom is 0.187 e. The van der Waals surface area contributed by atoms with Crippen molar-refractivity contribution < 1.29 is 40.1 Å². The van der Waals surface area contributed by atoms with Crippen LogP contribution in [-0.2, 0) is 9.47 Å². The Hall–Kier alpha value is -0.580. The van der Waals surface area contributed by atoms with E-state index in [-0.39, 0.29) is 12.8 Å². The van der Waals surface area contributed by atoms with Gasteiger partial charge < -0.3 is 40.1 Å². The second-order valence-electron chi connectivity index (χ2n) is 7.03. The molecule has 0 aromatic heterocycles. The van der Waals surface area contributed by atoms with Crippen molar-refractivity contribution in [3.05, 3.63) is 12.7 Å². The molecule has 0 saturated carbocycles. The lowest BCUT2D eigenvalue weighted by Crippen LogP contribution is -2.61. The van der Waals surface area contributed by atoms with Gasteiger partial charge in [0.1, 0.15) is 24.4 Å². The van der Waals surface area contributed by atoms with Crippen LogP contribution in [0.15, 0.2) is 12.7 Å². The molecule has 0 aromatic rings. The molecule has 8 nitrogen and oxygen atoms in total. The van der Waals surface area contributed by atoms with Crippen molar-refractivity contribution in [1.82, 2.24) is 0 Å². The van der Waals surface area contributed by atoms with E-state index in [2.05, 4.69) is 6.58 Å². The van der Waals surface area contributed by atoms with E-state index in [0.717, 1.165) is 0 Å². The molecule has 0 spiro atoms. The zero-order chi connectivity index (χ0) is 18.7. The van der Waals surface area contributed by atoms with Gasteiger partial charge in [-0.2, -0.15) is 0 Å². The van der Waals surface area contributed by atoms with Crippen molar-refractivity contribution in [2.75, 3.05) is 6.61 Å². The molecule has 8 heteroatoms. The average Bonchev–Trinajstić information content (AvgIpc) is 2.53. The first-order valence-electron chi connectivity index (χ1n) is 7.97. The Morgan fingerprint density at radius 2 is 1.75 bits per heavy atom. The van der Waals surface area contributed by atoms with E-state index >= 15 is 0 Å². The maximum absolute atomic E-state index is 10.3. The molecule has 7 atom stereocenters. The molecule has 1 fully saturated rings. The minimum absolute atomic E-state index is 0.198. The Labute approximate surface area is 142 Å². The zero-order valence-electron chi connectivity index (χ0n) is 14.4. The van der Waals surface area contributed by atoms with Crippen LogP contribution in [-0.4, -0.2) is 85.3 Å².